The predicted molar refractivity (Wildman–Crippen MR) is 60.2 cm³/mol. The van der Waals surface area contributed by atoms with E-state index in [-0.39, 0.29) is 5.69 Å². The Morgan fingerprint density at radius 3 is 2.87 bits per heavy atom. The van der Waals surface area contributed by atoms with E-state index in [0.717, 1.165) is 15.8 Å². The van der Waals surface area contributed by atoms with Gasteiger partial charge in [-0.2, -0.15) is 0 Å². The molecule has 2 aromatic rings. The Kier molecular flexibility index (Phi) is 2.55. The van der Waals surface area contributed by atoms with Crippen LogP contribution in [0.5, 0.6) is 0 Å². The van der Waals surface area contributed by atoms with Gasteiger partial charge in [-0.25, -0.2) is 4.98 Å². The number of benzene rings is 1. The lowest BCUT2D eigenvalue weighted by atomic mass is 10.2. The zero-order valence-electron chi connectivity index (χ0n) is 8.01. The molecule has 1 aromatic carbocycles. The minimum Gasteiger partial charge on any atom is -0.258 e. The Labute approximate surface area is 90.5 Å². The Bertz CT molecular complexity index is 528. The van der Waals surface area contributed by atoms with Crippen LogP contribution in [0.4, 0.5) is 5.69 Å². The molecule has 0 bridgehead atoms. The largest absolute Gasteiger partial charge is 0.288 e. The van der Waals surface area contributed by atoms with Crippen LogP contribution in [0.3, 0.4) is 0 Å². The van der Waals surface area contributed by atoms with Crippen molar-refractivity contribution in [3.05, 3.63) is 40.6 Å². The summed E-state index contributed by atoms with van der Waals surface area (Å²) in [6, 6.07) is 7.23. The maximum absolute atomic E-state index is 10.5. The van der Waals surface area contributed by atoms with Gasteiger partial charge < -0.3 is 0 Å². The molecule has 0 atom stereocenters. The third-order valence-electron chi connectivity index (χ3n) is 2.09. The normalized spacial score (nSPS) is 10.5. The summed E-state index contributed by atoms with van der Waals surface area (Å²) in [5.74, 6) is 0. The Morgan fingerprint density at radius 1 is 1.40 bits per heavy atom. The molecule has 76 valence electrons. The van der Waals surface area contributed by atoms with Crippen molar-refractivity contribution in [1.82, 2.24) is 4.98 Å². The maximum atomic E-state index is 10.5. The summed E-state index contributed by atoms with van der Waals surface area (Å²) in [4.78, 5) is 15.3. The molecular weight excluding hydrogens is 212 g/mol. The second kappa shape index (κ2) is 3.86. The fourth-order valence-electron chi connectivity index (χ4n) is 1.32. The number of nitro groups is 1. The first-order valence-corrected chi connectivity index (χ1v) is 5.51. The number of nitrogens with zero attached hydrogens (tertiary/aromatic N) is 2. The summed E-state index contributed by atoms with van der Waals surface area (Å²) >= 11 is 1.62. The van der Waals surface area contributed by atoms with E-state index in [4.69, 9.17) is 0 Å². The smallest absolute Gasteiger partial charge is 0.258 e. The molecule has 0 unspecified atom stereocenters. The van der Waals surface area contributed by atoms with Crippen LogP contribution in [0, 0.1) is 10.1 Å². The number of fused-ring (bicyclic) bond motifs is 1. The average molecular weight is 220 g/mol. The quantitative estimate of drug-likeness (QED) is 0.443. The van der Waals surface area contributed by atoms with Crippen LogP contribution in [-0.2, 0) is 0 Å². The van der Waals surface area contributed by atoms with Gasteiger partial charge in [-0.05, 0) is 18.4 Å². The monoisotopic (exact) mass is 220 g/mol. The highest BCUT2D eigenvalue weighted by Crippen LogP contribution is 2.23. The van der Waals surface area contributed by atoms with Gasteiger partial charge in [0.2, 0.25) is 0 Å². The predicted octanol–water partition coefficient (Wildman–Crippen LogP) is 2.86. The molecular formula is C10H8N2O2S. The molecule has 2 rings (SSSR count). The van der Waals surface area contributed by atoms with Crippen LogP contribution in [0.25, 0.3) is 10.9 Å². The second-order valence-corrected chi connectivity index (χ2v) is 3.89. The zero-order chi connectivity index (χ0) is 10.8. The van der Waals surface area contributed by atoms with E-state index in [1.54, 1.807) is 11.8 Å². The van der Waals surface area contributed by atoms with Crippen molar-refractivity contribution in [2.24, 2.45) is 0 Å². The molecule has 0 aliphatic carbocycles. The fourth-order valence-corrected chi connectivity index (χ4v) is 1.75. The van der Waals surface area contributed by atoms with E-state index >= 15 is 0 Å². The highest BCUT2D eigenvalue weighted by atomic mass is 32.2. The summed E-state index contributed by atoms with van der Waals surface area (Å²) < 4.78 is 0. The summed E-state index contributed by atoms with van der Waals surface area (Å²) in [7, 11) is 0. The van der Waals surface area contributed by atoms with E-state index in [1.807, 2.05) is 24.5 Å². The summed E-state index contributed by atoms with van der Waals surface area (Å²) in [6.45, 7) is 0. The van der Waals surface area contributed by atoms with Crippen molar-refractivity contribution in [1.29, 1.82) is 0 Å². The topological polar surface area (TPSA) is 56.0 Å². The lowest BCUT2D eigenvalue weighted by Gasteiger charge is -1.99. The number of aromatic nitrogens is 1. The van der Waals surface area contributed by atoms with Gasteiger partial charge in [0.25, 0.3) is 5.69 Å². The van der Waals surface area contributed by atoms with Crippen LogP contribution < -0.4 is 0 Å². The number of thioether (sulfide) groups is 1. The molecule has 0 saturated heterocycles. The second-order valence-electron chi connectivity index (χ2n) is 3.01. The molecule has 0 N–H and O–H groups in total. The van der Waals surface area contributed by atoms with Gasteiger partial charge in [-0.1, -0.05) is 6.07 Å². The Balaban J connectivity index is 2.59. The Morgan fingerprint density at radius 2 is 2.20 bits per heavy atom. The molecule has 0 radical (unpaired) electrons. The molecule has 0 aliphatic heterocycles. The lowest BCUT2D eigenvalue weighted by Crippen LogP contribution is -1.89. The molecule has 0 aliphatic rings. The van der Waals surface area contributed by atoms with E-state index in [0.29, 0.717) is 0 Å². The first-order valence-electron chi connectivity index (χ1n) is 4.29. The Hall–Kier alpha value is -1.62. The number of hydrogen-bond acceptors (Lipinski definition) is 4. The number of rotatable bonds is 2. The fraction of sp³-hybridized carbons (Fsp3) is 0.100. The van der Waals surface area contributed by atoms with Gasteiger partial charge >= 0.3 is 0 Å². The van der Waals surface area contributed by atoms with Crippen LogP contribution in [0.15, 0.2) is 35.4 Å². The van der Waals surface area contributed by atoms with Gasteiger partial charge in [0.15, 0.2) is 0 Å². The van der Waals surface area contributed by atoms with E-state index < -0.39 is 4.92 Å². The highest BCUT2D eigenvalue weighted by molar-refractivity contribution is 7.98. The average Bonchev–Trinajstić information content (AvgIpc) is 2.27. The van der Waals surface area contributed by atoms with E-state index in [9.17, 15) is 10.1 Å². The van der Waals surface area contributed by atoms with Crippen molar-refractivity contribution < 1.29 is 4.92 Å². The lowest BCUT2D eigenvalue weighted by molar-refractivity contribution is -0.385. The first-order chi connectivity index (χ1) is 7.20. The molecule has 4 nitrogen and oxygen atoms in total. The van der Waals surface area contributed by atoms with E-state index in [1.165, 1.54) is 12.3 Å². The standard InChI is InChI=1S/C10H8N2O2S/c1-15-9-3-2-7-4-8(12(13)14)6-11-10(7)5-9/h2-6H,1H3. The van der Waals surface area contributed by atoms with Crippen LogP contribution >= 0.6 is 11.8 Å². The molecule has 0 spiro atoms. The molecule has 5 heteroatoms. The van der Waals surface area contributed by atoms with Crippen molar-refractivity contribution >= 4 is 28.4 Å². The van der Waals surface area contributed by atoms with Crippen LogP contribution in [0.2, 0.25) is 0 Å². The third-order valence-corrected chi connectivity index (χ3v) is 2.81. The van der Waals surface area contributed by atoms with E-state index in [2.05, 4.69) is 4.98 Å². The van der Waals surface area contributed by atoms with Gasteiger partial charge in [0.05, 0.1) is 10.4 Å². The third kappa shape index (κ3) is 1.92. The minimum absolute atomic E-state index is 0.0272. The molecule has 0 fully saturated rings. The molecule has 0 saturated carbocycles. The van der Waals surface area contributed by atoms with Gasteiger partial charge in [0, 0.05) is 16.3 Å². The molecule has 1 heterocycles. The van der Waals surface area contributed by atoms with Crippen molar-refractivity contribution in [3.8, 4) is 0 Å². The van der Waals surface area contributed by atoms with Gasteiger partial charge in [-0.3, -0.25) is 10.1 Å². The summed E-state index contributed by atoms with van der Waals surface area (Å²) in [6.07, 6.45) is 3.26. The van der Waals surface area contributed by atoms with Crippen molar-refractivity contribution in [3.63, 3.8) is 0 Å². The molecule has 15 heavy (non-hydrogen) atoms. The number of pyridine rings is 1. The highest BCUT2D eigenvalue weighted by Gasteiger charge is 2.07. The first kappa shape index (κ1) is 9.92. The molecule has 1 aromatic heterocycles. The van der Waals surface area contributed by atoms with Gasteiger partial charge in [-0.15, -0.1) is 11.8 Å². The summed E-state index contributed by atoms with van der Waals surface area (Å²) in [5, 5.41) is 11.3. The SMILES string of the molecule is CSc1ccc2cc([N+](=O)[O-])cnc2c1. The van der Waals surface area contributed by atoms with Crippen molar-refractivity contribution in [2.75, 3.05) is 6.26 Å². The molecule has 0 amide bonds. The summed E-state index contributed by atoms with van der Waals surface area (Å²) in [5.41, 5.74) is 0.812. The number of hydrogen-bond donors (Lipinski definition) is 0. The van der Waals surface area contributed by atoms with Crippen LogP contribution in [0.1, 0.15) is 0 Å². The zero-order valence-corrected chi connectivity index (χ0v) is 8.82. The minimum atomic E-state index is -0.436. The van der Waals surface area contributed by atoms with Crippen LogP contribution in [-0.4, -0.2) is 16.2 Å². The van der Waals surface area contributed by atoms with Crippen molar-refractivity contribution in [2.45, 2.75) is 4.90 Å². The van der Waals surface area contributed by atoms with Gasteiger partial charge in [0.1, 0.15) is 6.20 Å². The maximum Gasteiger partial charge on any atom is 0.288 e.